The van der Waals surface area contributed by atoms with Gasteiger partial charge in [0, 0.05) is 7.05 Å². The van der Waals surface area contributed by atoms with Crippen molar-refractivity contribution in [3.8, 4) is 0 Å². The number of rotatable bonds is 1. The third kappa shape index (κ3) is 1.68. The Bertz CT molecular complexity index is 519. The number of aromatic carboxylic acids is 1. The fourth-order valence-corrected chi connectivity index (χ4v) is 1.50. The van der Waals surface area contributed by atoms with E-state index >= 15 is 0 Å². The Labute approximate surface area is 93.0 Å². The molecule has 0 aliphatic heterocycles. The number of aromatic nitrogens is 2. The number of imidazole rings is 1. The van der Waals surface area contributed by atoms with Gasteiger partial charge in [-0.1, -0.05) is 6.07 Å². The quantitative estimate of drug-likeness (QED) is 0.809. The fourth-order valence-electron chi connectivity index (χ4n) is 1.50. The van der Waals surface area contributed by atoms with Crippen LogP contribution in [0.1, 0.15) is 16.2 Å². The monoisotopic (exact) mass is 226 g/mol. The van der Waals surface area contributed by atoms with Crippen LogP contribution in [0.5, 0.6) is 0 Å². The average molecular weight is 227 g/mol. The number of nitrogens with zero attached hydrogens (tertiary/aromatic N) is 2. The Hall–Kier alpha value is -1.55. The molecule has 15 heavy (non-hydrogen) atoms. The lowest BCUT2D eigenvalue weighted by molar-refractivity contribution is 0.0699. The molecule has 0 aliphatic carbocycles. The number of para-hydroxylation sites is 1. The van der Waals surface area contributed by atoms with E-state index in [-0.39, 0.29) is 18.0 Å². The SMILES string of the molecule is Cc1nc2c(C(=O)O)cccc2n1C.Cl. The highest BCUT2D eigenvalue weighted by Crippen LogP contribution is 2.18. The summed E-state index contributed by atoms with van der Waals surface area (Å²) in [5.41, 5.74) is 1.66. The fraction of sp³-hybridized carbons (Fsp3) is 0.200. The molecule has 2 aromatic rings. The van der Waals surface area contributed by atoms with E-state index in [0.717, 1.165) is 11.3 Å². The molecule has 5 heteroatoms. The number of fused-ring (bicyclic) bond motifs is 1. The molecule has 0 aliphatic rings. The maximum absolute atomic E-state index is 10.9. The number of benzene rings is 1. The molecule has 2 rings (SSSR count). The first-order valence-corrected chi connectivity index (χ1v) is 4.26. The standard InChI is InChI=1S/C10H10N2O2.ClH/c1-6-11-9-7(10(13)14)4-3-5-8(9)12(6)2;/h3-5H,1-2H3,(H,13,14);1H. The number of carboxylic acid groups (broad SMARTS) is 1. The molecule has 0 atom stereocenters. The zero-order valence-corrected chi connectivity index (χ0v) is 9.21. The van der Waals surface area contributed by atoms with Gasteiger partial charge in [-0.2, -0.15) is 0 Å². The van der Waals surface area contributed by atoms with Crippen LogP contribution in [0.2, 0.25) is 0 Å². The molecule has 0 unspecified atom stereocenters. The maximum Gasteiger partial charge on any atom is 0.337 e. The van der Waals surface area contributed by atoms with Gasteiger partial charge in [0.1, 0.15) is 11.3 Å². The van der Waals surface area contributed by atoms with Crippen molar-refractivity contribution in [2.45, 2.75) is 6.92 Å². The summed E-state index contributed by atoms with van der Waals surface area (Å²) in [6.45, 7) is 1.85. The summed E-state index contributed by atoms with van der Waals surface area (Å²) >= 11 is 0. The molecule has 1 heterocycles. The Morgan fingerprint density at radius 2 is 2.13 bits per heavy atom. The Kier molecular flexibility index (Phi) is 3.00. The van der Waals surface area contributed by atoms with Crippen molar-refractivity contribution in [2.75, 3.05) is 0 Å². The second-order valence-electron chi connectivity index (χ2n) is 3.20. The molecule has 0 bridgehead atoms. The third-order valence-electron chi connectivity index (χ3n) is 2.37. The molecule has 0 fully saturated rings. The summed E-state index contributed by atoms with van der Waals surface area (Å²) in [6.07, 6.45) is 0. The van der Waals surface area contributed by atoms with Crippen LogP contribution in [0.3, 0.4) is 0 Å². The van der Waals surface area contributed by atoms with Crippen LogP contribution in [0.15, 0.2) is 18.2 Å². The first-order chi connectivity index (χ1) is 6.61. The van der Waals surface area contributed by atoms with Crippen LogP contribution >= 0.6 is 12.4 Å². The lowest BCUT2D eigenvalue weighted by atomic mass is 10.2. The van der Waals surface area contributed by atoms with Gasteiger partial charge in [0.15, 0.2) is 0 Å². The summed E-state index contributed by atoms with van der Waals surface area (Å²) in [5.74, 6) is -0.123. The summed E-state index contributed by atoms with van der Waals surface area (Å²) in [5, 5.41) is 8.93. The smallest absolute Gasteiger partial charge is 0.337 e. The number of aryl methyl sites for hydroxylation is 2. The van der Waals surface area contributed by atoms with Gasteiger partial charge in [-0.15, -0.1) is 12.4 Å². The minimum atomic E-state index is -0.936. The number of carbonyl (C=O) groups is 1. The zero-order chi connectivity index (χ0) is 10.3. The van der Waals surface area contributed by atoms with Crippen LogP contribution in [-0.2, 0) is 7.05 Å². The van der Waals surface area contributed by atoms with Crippen LogP contribution in [0.25, 0.3) is 11.0 Å². The van der Waals surface area contributed by atoms with E-state index in [1.165, 1.54) is 0 Å². The number of hydrogen-bond donors (Lipinski definition) is 1. The van der Waals surface area contributed by atoms with E-state index in [9.17, 15) is 4.79 Å². The zero-order valence-electron chi connectivity index (χ0n) is 8.39. The minimum Gasteiger partial charge on any atom is -0.478 e. The summed E-state index contributed by atoms with van der Waals surface area (Å²) in [6, 6.07) is 5.16. The van der Waals surface area contributed by atoms with Crippen LogP contribution < -0.4 is 0 Å². The minimum absolute atomic E-state index is 0. The van der Waals surface area contributed by atoms with Crippen molar-refractivity contribution in [3.05, 3.63) is 29.6 Å². The highest BCUT2D eigenvalue weighted by molar-refractivity contribution is 6.01. The van der Waals surface area contributed by atoms with E-state index in [1.54, 1.807) is 12.1 Å². The number of carboxylic acids is 1. The highest BCUT2D eigenvalue weighted by atomic mass is 35.5. The predicted octanol–water partition coefficient (Wildman–Crippen LogP) is 2.00. The second kappa shape index (κ2) is 3.90. The molecule has 1 N–H and O–H groups in total. The van der Waals surface area contributed by atoms with E-state index < -0.39 is 5.97 Å². The van der Waals surface area contributed by atoms with Gasteiger partial charge < -0.3 is 9.67 Å². The molecule has 0 radical (unpaired) electrons. The molecule has 1 aromatic carbocycles. The van der Waals surface area contributed by atoms with Crippen LogP contribution in [0.4, 0.5) is 0 Å². The van der Waals surface area contributed by atoms with Gasteiger partial charge in [0.25, 0.3) is 0 Å². The van der Waals surface area contributed by atoms with E-state index in [4.69, 9.17) is 5.11 Å². The highest BCUT2D eigenvalue weighted by Gasteiger charge is 2.12. The van der Waals surface area contributed by atoms with Gasteiger partial charge >= 0.3 is 5.97 Å². The summed E-state index contributed by atoms with van der Waals surface area (Å²) in [7, 11) is 1.87. The lowest BCUT2D eigenvalue weighted by Crippen LogP contribution is -1.97. The average Bonchev–Trinajstić information content (AvgIpc) is 2.43. The number of halogens is 1. The molecule has 1 aromatic heterocycles. The summed E-state index contributed by atoms with van der Waals surface area (Å²) < 4.78 is 1.88. The third-order valence-corrected chi connectivity index (χ3v) is 2.37. The Morgan fingerprint density at radius 1 is 1.47 bits per heavy atom. The van der Waals surface area contributed by atoms with Gasteiger partial charge in [-0.05, 0) is 19.1 Å². The van der Waals surface area contributed by atoms with Crippen molar-refractivity contribution < 1.29 is 9.90 Å². The summed E-state index contributed by atoms with van der Waals surface area (Å²) in [4.78, 5) is 15.1. The topological polar surface area (TPSA) is 55.1 Å². The van der Waals surface area contributed by atoms with Gasteiger partial charge in [-0.25, -0.2) is 9.78 Å². The van der Waals surface area contributed by atoms with Crippen LogP contribution in [0, 0.1) is 6.92 Å². The van der Waals surface area contributed by atoms with Gasteiger partial charge in [-0.3, -0.25) is 0 Å². The van der Waals surface area contributed by atoms with Crippen molar-refractivity contribution in [1.29, 1.82) is 0 Å². The Balaban J connectivity index is 0.00000112. The van der Waals surface area contributed by atoms with Crippen LogP contribution in [-0.4, -0.2) is 20.6 Å². The molecule has 0 saturated heterocycles. The van der Waals surface area contributed by atoms with Crippen molar-refractivity contribution >= 4 is 29.4 Å². The molecule has 0 saturated carbocycles. The van der Waals surface area contributed by atoms with Crippen molar-refractivity contribution in [1.82, 2.24) is 9.55 Å². The predicted molar refractivity (Wildman–Crippen MR) is 59.7 cm³/mol. The first kappa shape index (κ1) is 11.5. The maximum atomic E-state index is 10.9. The largest absolute Gasteiger partial charge is 0.478 e. The van der Waals surface area contributed by atoms with E-state index in [1.807, 2.05) is 24.6 Å². The first-order valence-electron chi connectivity index (χ1n) is 4.26. The van der Waals surface area contributed by atoms with E-state index in [0.29, 0.717) is 5.52 Å². The van der Waals surface area contributed by atoms with Gasteiger partial charge in [0.05, 0.1) is 11.1 Å². The lowest BCUT2D eigenvalue weighted by Gasteiger charge is -1.97. The normalized spacial score (nSPS) is 10.0. The van der Waals surface area contributed by atoms with Crippen molar-refractivity contribution in [2.24, 2.45) is 7.05 Å². The molecular formula is C10H11ClN2O2. The molecular weight excluding hydrogens is 216 g/mol. The Morgan fingerprint density at radius 3 is 2.73 bits per heavy atom. The molecule has 4 nitrogen and oxygen atoms in total. The number of hydrogen-bond acceptors (Lipinski definition) is 2. The molecule has 0 spiro atoms. The molecule has 0 amide bonds. The second-order valence-corrected chi connectivity index (χ2v) is 3.20. The van der Waals surface area contributed by atoms with Crippen molar-refractivity contribution in [3.63, 3.8) is 0 Å². The van der Waals surface area contributed by atoms with E-state index in [2.05, 4.69) is 4.98 Å². The molecule has 80 valence electrons. The van der Waals surface area contributed by atoms with Gasteiger partial charge in [0.2, 0.25) is 0 Å².